The Labute approximate surface area is 129 Å². The van der Waals surface area contributed by atoms with Crippen molar-refractivity contribution in [2.45, 2.75) is 19.1 Å². The first-order valence-corrected chi connectivity index (χ1v) is 7.29. The van der Waals surface area contributed by atoms with Gasteiger partial charge in [-0.2, -0.15) is 0 Å². The highest BCUT2D eigenvalue weighted by Crippen LogP contribution is 2.20. The molecule has 1 N–H and O–H groups in total. The van der Waals surface area contributed by atoms with E-state index in [1.807, 2.05) is 19.2 Å². The predicted octanol–water partition coefficient (Wildman–Crippen LogP) is 4.03. The van der Waals surface area contributed by atoms with Crippen molar-refractivity contribution >= 4 is 11.6 Å². The molecule has 0 saturated carbocycles. The average Bonchev–Trinajstić information content (AvgIpc) is 2.47. The fourth-order valence-corrected chi connectivity index (χ4v) is 2.40. The fraction of sp³-hybridized carbons (Fsp3) is 0.294. The van der Waals surface area contributed by atoms with Gasteiger partial charge in [-0.15, -0.1) is 0 Å². The van der Waals surface area contributed by atoms with E-state index in [-0.39, 0.29) is 5.82 Å². The molecule has 0 aliphatic heterocycles. The van der Waals surface area contributed by atoms with Crippen LogP contribution in [0.2, 0.25) is 5.02 Å². The third kappa shape index (κ3) is 5.12. The molecule has 0 radical (unpaired) electrons. The van der Waals surface area contributed by atoms with Crippen molar-refractivity contribution in [1.82, 2.24) is 4.90 Å². The number of benzene rings is 2. The molecule has 0 amide bonds. The van der Waals surface area contributed by atoms with Crippen LogP contribution in [0.15, 0.2) is 48.5 Å². The summed E-state index contributed by atoms with van der Waals surface area (Å²) in [6.07, 6.45) is 0.0947. The van der Waals surface area contributed by atoms with Crippen molar-refractivity contribution in [3.8, 4) is 0 Å². The van der Waals surface area contributed by atoms with Gasteiger partial charge in [0.2, 0.25) is 0 Å². The highest BCUT2D eigenvalue weighted by atomic mass is 35.5. The van der Waals surface area contributed by atoms with Crippen LogP contribution in [0.5, 0.6) is 0 Å². The first-order chi connectivity index (χ1) is 10.0. The van der Waals surface area contributed by atoms with Crippen molar-refractivity contribution in [1.29, 1.82) is 0 Å². The summed E-state index contributed by atoms with van der Waals surface area (Å²) in [4.78, 5) is 2.10. The van der Waals surface area contributed by atoms with Crippen molar-refractivity contribution in [2.24, 2.45) is 0 Å². The van der Waals surface area contributed by atoms with Crippen LogP contribution in [-0.2, 0) is 6.54 Å². The first-order valence-electron chi connectivity index (χ1n) is 6.91. The van der Waals surface area contributed by atoms with E-state index in [1.54, 1.807) is 24.3 Å². The van der Waals surface area contributed by atoms with Crippen LogP contribution in [0.4, 0.5) is 4.39 Å². The molecule has 112 valence electrons. The van der Waals surface area contributed by atoms with Gasteiger partial charge in [0, 0.05) is 18.1 Å². The molecule has 2 rings (SSSR count). The Hall–Kier alpha value is -1.42. The summed E-state index contributed by atoms with van der Waals surface area (Å²) in [7, 11) is 1.98. The van der Waals surface area contributed by atoms with Crippen molar-refractivity contribution in [3.05, 3.63) is 70.5 Å². The van der Waals surface area contributed by atoms with Gasteiger partial charge in [-0.25, -0.2) is 4.39 Å². The Bertz CT molecular complexity index is 573. The molecular formula is C17H19ClFNO. The summed E-state index contributed by atoms with van der Waals surface area (Å²) in [5, 5.41) is 10.8. The first kappa shape index (κ1) is 16.0. The zero-order valence-electron chi connectivity index (χ0n) is 12.0. The fourth-order valence-electron chi connectivity index (χ4n) is 2.20. The maximum atomic E-state index is 12.8. The van der Waals surface area contributed by atoms with Crippen LogP contribution in [0, 0.1) is 5.82 Å². The Morgan fingerprint density at radius 2 is 1.90 bits per heavy atom. The summed E-state index contributed by atoms with van der Waals surface area (Å²) < 4.78 is 12.8. The summed E-state index contributed by atoms with van der Waals surface area (Å²) >= 11 is 5.92. The minimum absolute atomic E-state index is 0.224. The van der Waals surface area contributed by atoms with Gasteiger partial charge < -0.3 is 10.0 Å². The quantitative estimate of drug-likeness (QED) is 0.871. The molecule has 21 heavy (non-hydrogen) atoms. The molecule has 0 bridgehead atoms. The summed E-state index contributed by atoms with van der Waals surface area (Å²) in [6.45, 7) is 1.47. The predicted molar refractivity (Wildman–Crippen MR) is 83.8 cm³/mol. The maximum Gasteiger partial charge on any atom is 0.123 e. The second-order valence-electron chi connectivity index (χ2n) is 5.22. The van der Waals surface area contributed by atoms with Gasteiger partial charge >= 0.3 is 0 Å². The molecule has 0 saturated heterocycles. The SMILES string of the molecule is CN(CCC(O)c1cccc(Cl)c1)Cc1ccc(F)cc1. The highest BCUT2D eigenvalue weighted by molar-refractivity contribution is 6.30. The minimum Gasteiger partial charge on any atom is -0.388 e. The van der Waals surface area contributed by atoms with Crippen molar-refractivity contribution in [3.63, 3.8) is 0 Å². The van der Waals surface area contributed by atoms with E-state index in [1.165, 1.54) is 12.1 Å². The Balaban J connectivity index is 1.83. The van der Waals surface area contributed by atoms with Gasteiger partial charge in [-0.3, -0.25) is 0 Å². The largest absolute Gasteiger partial charge is 0.388 e. The Kier molecular flexibility index (Phi) is 5.74. The maximum absolute atomic E-state index is 12.8. The lowest BCUT2D eigenvalue weighted by Crippen LogP contribution is -2.21. The monoisotopic (exact) mass is 307 g/mol. The molecule has 4 heteroatoms. The van der Waals surface area contributed by atoms with Gasteiger partial charge in [-0.05, 0) is 48.9 Å². The van der Waals surface area contributed by atoms with Crippen LogP contribution in [0.3, 0.4) is 0 Å². The van der Waals surface area contributed by atoms with Gasteiger partial charge in [0.1, 0.15) is 5.82 Å². The van der Waals surface area contributed by atoms with E-state index in [9.17, 15) is 9.50 Å². The molecule has 2 nitrogen and oxygen atoms in total. The van der Waals surface area contributed by atoms with Gasteiger partial charge in [-0.1, -0.05) is 35.9 Å². The molecule has 2 aromatic carbocycles. The van der Waals surface area contributed by atoms with Crippen LogP contribution < -0.4 is 0 Å². The molecule has 0 spiro atoms. The molecule has 0 heterocycles. The molecule has 0 fully saturated rings. The third-order valence-electron chi connectivity index (χ3n) is 3.38. The number of halogens is 2. The number of rotatable bonds is 6. The number of hydrogen-bond acceptors (Lipinski definition) is 2. The van der Waals surface area contributed by atoms with Crippen LogP contribution >= 0.6 is 11.6 Å². The molecule has 0 aliphatic carbocycles. The van der Waals surface area contributed by atoms with E-state index >= 15 is 0 Å². The van der Waals surface area contributed by atoms with Crippen molar-refractivity contribution < 1.29 is 9.50 Å². The molecule has 0 aliphatic rings. The smallest absolute Gasteiger partial charge is 0.123 e. The van der Waals surface area contributed by atoms with E-state index in [0.717, 1.165) is 24.2 Å². The lowest BCUT2D eigenvalue weighted by atomic mass is 10.1. The number of aliphatic hydroxyl groups is 1. The summed E-state index contributed by atoms with van der Waals surface area (Å²) in [5.41, 5.74) is 1.88. The van der Waals surface area contributed by atoms with Crippen LogP contribution in [0.25, 0.3) is 0 Å². The Morgan fingerprint density at radius 1 is 1.19 bits per heavy atom. The van der Waals surface area contributed by atoms with E-state index in [0.29, 0.717) is 11.4 Å². The molecule has 2 aromatic rings. The molecule has 0 aromatic heterocycles. The number of aliphatic hydroxyl groups excluding tert-OH is 1. The van der Waals surface area contributed by atoms with Gasteiger partial charge in [0.05, 0.1) is 6.10 Å². The van der Waals surface area contributed by atoms with Crippen LogP contribution in [-0.4, -0.2) is 23.6 Å². The van der Waals surface area contributed by atoms with Gasteiger partial charge in [0.15, 0.2) is 0 Å². The zero-order valence-corrected chi connectivity index (χ0v) is 12.7. The number of nitrogens with zero attached hydrogens (tertiary/aromatic N) is 1. The summed E-state index contributed by atoms with van der Waals surface area (Å²) in [6, 6.07) is 13.8. The van der Waals surface area contributed by atoms with E-state index in [4.69, 9.17) is 11.6 Å². The zero-order chi connectivity index (χ0) is 15.2. The molecular weight excluding hydrogens is 289 g/mol. The lowest BCUT2D eigenvalue weighted by Gasteiger charge is -2.19. The van der Waals surface area contributed by atoms with E-state index in [2.05, 4.69) is 4.90 Å². The lowest BCUT2D eigenvalue weighted by molar-refractivity contribution is 0.147. The van der Waals surface area contributed by atoms with Gasteiger partial charge in [0.25, 0.3) is 0 Å². The summed E-state index contributed by atoms with van der Waals surface area (Å²) in [5.74, 6) is -0.224. The number of hydrogen-bond donors (Lipinski definition) is 1. The molecule has 1 unspecified atom stereocenters. The van der Waals surface area contributed by atoms with Crippen molar-refractivity contribution in [2.75, 3.05) is 13.6 Å². The standard InChI is InChI=1S/C17H19ClFNO/c1-20(12-13-5-7-16(19)8-6-13)10-9-17(21)14-3-2-4-15(18)11-14/h2-8,11,17,21H,9-10,12H2,1H3. The topological polar surface area (TPSA) is 23.5 Å². The minimum atomic E-state index is -0.528. The average molecular weight is 308 g/mol. The second-order valence-corrected chi connectivity index (χ2v) is 5.66. The Morgan fingerprint density at radius 3 is 2.57 bits per heavy atom. The molecule has 1 atom stereocenters. The van der Waals surface area contributed by atoms with E-state index < -0.39 is 6.10 Å². The van der Waals surface area contributed by atoms with Crippen LogP contribution in [0.1, 0.15) is 23.7 Å². The third-order valence-corrected chi connectivity index (χ3v) is 3.62. The normalized spacial score (nSPS) is 12.6. The highest BCUT2D eigenvalue weighted by Gasteiger charge is 2.09. The second kappa shape index (κ2) is 7.55.